The average molecular weight is 238 g/mol. The molecule has 1 aliphatic rings. The van der Waals surface area contributed by atoms with E-state index in [0.29, 0.717) is 11.8 Å². The van der Waals surface area contributed by atoms with Crippen LogP contribution in [-0.4, -0.2) is 23.7 Å². The Morgan fingerprint density at radius 2 is 2.44 bits per heavy atom. The summed E-state index contributed by atoms with van der Waals surface area (Å²) in [7, 11) is 0. The predicted molar refractivity (Wildman–Crippen MR) is 61.5 cm³/mol. The Labute approximate surface area is 96.3 Å². The van der Waals surface area contributed by atoms with Gasteiger partial charge >= 0.3 is 0 Å². The lowest BCUT2D eigenvalue weighted by Crippen LogP contribution is -2.58. The van der Waals surface area contributed by atoms with E-state index >= 15 is 0 Å². The van der Waals surface area contributed by atoms with Crippen LogP contribution in [0, 0.1) is 5.82 Å². The van der Waals surface area contributed by atoms with Crippen molar-refractivity contribution in [3.05, 3.63) is 23.5 Å². The number of nitrogens with one attached hydrogen (secondary N) is 1. The second kappa shape index (κ2) is 3.68. The van der Waals surface area contributed by atoms with E-state index in [1.807, 2.05) is 6.92 Å². The van der Waals surface area contributed by atoms with Gasteiger partial charge in [0.05, 0.1) is 10.2 Å². The number of hydrogen-bond acceptors (Lipinski definition) is 4. The highest BCUT2D eigenvalue weighted by Gasteiger charge is 2.28. The summed E-state index contributed by atoms with van der Waals surface area (Å²) >= 11 is 1.42. The minimum Gasteiger partial charge on any atom is -0.485 e. The van der Waals surface area contributed by atoms with Crippen LogP contribution in [0.5, 0.6) is 5.75 Å². The summed E-state index contributed by atoms with van der Waals surface area (Å²) in [6, 6.07) is 3.21. The lowest BCUT2D eigenvalue weighted by molar-refractivity contribution is 0.0949. The number of halogens is 1. The molecule has 0 spiro atoms. The number of rotatable bonds is 2. The lowest BCUT2D eigenvalue weighted by atomic mass is 10.1. The Hall–Kier alpha value is -1.20. The van der Waals surface area contributed by atoms with Gasteiger partial charge in [0.1, 0.15) is 23.2 Å². The van der Waals surface area contributed by atoms with Gasteiger partial charge in [0.15, 0.2) is 0 Å². The molecule has 2 atom stereocenters. The summed E-state index contributed by atoms with van der Waals surface area (Å²) in [4.78, 5) is 4.20. The van der Waals surface area contributed by atoms with E-state index in [0.717, 1.165) is 16.8 Å². The Bertz CT molecular complexity index is 528. The molecule has 1 N–H and O–H groups in total. The second-order valence-corrected chi connectivity index (χ2v) is 4.84. The minimum atomic E-state index is -0.272. The first-order valence-corrected chi connectivity index (χ1v) is 6.05. The third kappa shape index (κ3) is 1.56. The summed E-state index contributed by atoms with van der Waals surface area (Å²) in [6.07, 6.45) is 0.117. The Morgan fingerprint density at radius 1 is 1.56 bits per heavy atom. The number of nitrogens with zero attached hydrogens (tertiary/aromatic N) is 1. The molecule has 0 bridgehead atoms. The van der Waals surface area contributed by atoms with E-state index in [-0.39, 0.29) is 11.9 Å². The summed E-state index contributed by atoms with van der Waals surface area (Å²) in [5.41, 5.74) is 2.46. The maximum atomic E-state index is 13.3. The van der Waals surface area contributed by atoms with Gasteiger partial charge in [-0.25, -0.2) is 9.37 Å². The fourth-order valence-electron chi connectivity index (χ4n) is 1.75. The van der Waals surface area contributed by atoms with E-state index in [1.165, 1.54) is 23.5 Å². The topological polar surface area (TPSA) is 34.1 Å². The highest BCUT2D eigenvalue weighted by Crippen LogP contribution is 2.30. The number of ether oxygens (including phenoxy) is 1. The van der Waals surface area contributed by atoms with Gasteiger partial charge in [-0.3, -0.25) is 0 Å². The zero-order valence-electron chi connectivity index (χ0n) is 8.74. The van der Waals surface area contributed by atoms with Crippen molar-refractivity contribution >= 4 is 21.6 Å². The SMILES string of the molecule is CC1NCC1Oc1cc(F)cc2scnc12. The van der Waals surface area contributed by atoms with Crippen molar-refractivity contribution in [3.8, 4) is 5.75 Å². The zero-order chi connectivity index (χ0) is 11.1. The summed E-state index contributed by atoms with van der Waals surface area (Å²) in [6.45, 7) is 2.86. The Balaban J connectivity index is 1.98. The molecule has 84 valence electrons. The fraction of sp³-hybridized carbons (Fsp3) is 0.364. The molecule has 0 saturated carbocycles. The van der Waals surface area contributed by atoms with E-state index in [2.05, 4.69) is 10.3 Å². The first-order valence-electron chi connectivity index (χ1n) is 5.17. The van der Waals surface area contributed by atoms with Crippen molar-refractivity contribution in [2.75, 3.05) is 6.54 Å². The van der Waals surface area contributed by atoms with Gasteiger partial charge in [0.2, 0.25) is 0 Å². The quantitative estimate of drug-likeness (QED) is 0.870. The van der Waals surface area contributed by atoms with Crippen molar-refractivity contribution < 1.29 is 9.13 Å². The van der Waals surface area contributed by atoms with Crippen LogP contribution in [0.2, 0.25) is 0 Å². The molecule has 16 heavy (non-hydrogen) atoms. The second-order valence-electron chi connectivity index (χ2n) is 3.96. The number of fused-ring (bicyclic) bond motifs is 1. The molecule has 3 rings (SSSR count). The standard InChI is InChI=1S/C11H11FN2OS/c1-6-9(4-13-6)15-8-2-7(12)3-10-11(8)14-5-16-10/h2-3,5-6,9,13H,4H2,1H3. The molecule has 2 heterocycles. The molecule has 1 aromatic carbocycles. The molecule has 1 fully saturated rings. The summed E-state index contributed by atoms with van der Waals surface area (Å²) < 4.78 is 19.9. The van der Waals surface area contributed by atoms with Crippen LogP contribution < -0.4 is 10.1 Å². The van der Waals surface area contributed by atoms with Crippen LogP contribution in [0.15, 0.2) is 17.6 Å². The molecule has 3 nitrogen and oxygen atoms in total. The van der Waals surface area contributed by atoms with Crippen LogP contribution in [0.4, 0.5) is 4.39 Å². The zero-order valence-corrected chi connectivity index (χ0v) is 9.55. The minimum absolute atomic E-state index is 0.117. The highest BCUT2D eigenvalue weighted by molar-refractivity contribution is 7.16. The molecule has 0 aliphatic carbocycles. The van der Waals surface area contributed by atoms with Gasteiger partial charge in [0.25, 0.3) is 0 Å². The molecule has 1 aliphatic heterocycles. The van der Waals surface area contributed by atoms with Crippen LogP contribution >= 0.6 is 11.3 Å². The molecule has 5 heteroatoms. The number of hydrogen-bond donors (Lipinski definition) is 1. The van der Waals surface area contributed by atoms with Crippen LogP contribution in [0.3, 0.4) is 0 Å². The highest BCUT2D eigenvalue weighted by atomic mass is 32.1. The number of aromatic nitrogens is 1. The van der Waals surface area contributed by atoms with E-state index in [9.17, 15) is 4.39 Å². The monoisotopic (exact) mass is 238 g/mol. The van der Waals surface area contributed by atoms with E-state index in [4.69, 9.17) is 4.74 Å². The van der Waals surface area contributed by atoms with Crippen molar-refractivity contribution in [2.24, 2.45) is 0 Å². The molecular weight excluding hydrogens is 227 g/mol. The number of thiazole rings is 1. The molecule has 2 aromatic rings. The molecular formula is C11H11FN2OS. The van der Waals surface area contributed by atoms with Crippen molar-refractivity contribution in [1.29, 1.82) is 0 Å². The Kier molecular flexibility index (Phi) is 2.29. The molecule has 2 unspecified atom stereocenters. The van der Waals surface area contributed by atoms with E-state index < -0.39 is 0 Å². The van der Waals surface area contributed by atoms with Crippen molar-refractivity contribution in [1.82, 2.24) is 10.3 Å². The van der Waals surface area contributed by atoms with Crippen LogP contribution in [-0.2, 0) is 0 Å². The van der Waals surface area contributed by atoms with Gasteiger partial charge in [-0.15, -0.1) is 11.3 Å². The molecule has 1 saturated heterocycles. The summed E-state index contributed by atoms with van der Waals surface area (Å²) in [5.74, 6) is 0.279. The Morgan fingerprint density at radius 3 is 3.12 bits per heavy atom. The maximum absolute atomic E-state index is 13.3. The number of benzene rings is 1. The lowest BCUT2D eigenvalue weighted by Gasteiger charge is -2.35. The largest absolute Gasteiger partial charge is 0.485 e. The normalized spacial score (nSPS) is 24.4. The van der Waals surface area contributed by atoms with Gasteiger partial charge in [0, 0.05) is 18.7 Å². The summed E-state index contributed by atoms with van der Waals surface area (Å²) in [5, 5.41) is 3.20. The average Bonchev–Trinajstić information content (AvgIpc) is 2.71. The van der Waals surface area contributed by atoms with Crippen LogP contribution in [0.25, 0.3) is 10.2 Å². The van der Waals surface area contributed by atoms with E-state index in [1.54, 1.807) is 5.51 Å². The van der Waals surface area contributed by atoms with Gasteiger partial charge in [-0.05, 0) is 13.0 Å². The van der Waals surface area contributed by atoms with Crippen molar-refractivity contribution in [2.45, 2.75) is 19.1 Å². The predicted octanol–water partition coefficient (Wildman–Crippen LogP) is 2.17. The van der Waals surface area contributed by atoms with Gasteiger partial charge in [-0.1, -0.05) is 0 Å². The fourth-order valence-corrected chi connectivity index (χ4v) is 2.47. The van der Waals surface area contributed by atoms with Gasteiger partial charge < -0.3 is 10.1 Å². The first-order chi connectivity index (χ1) is 7.74. The van der Waals surface area contributed by atoms with Gasteiger partial charge in [-0.2, -0.15) is 0 Å². The third-order valence-electron chi connectivity index (χ3n) is 2.84. The maximum Gasteiger partial charge on any atom is 0.149 e. The first kappa shape index (κ1) is 9.99. The van der Waals surface area contributed by atoms with Crippen LogP contribution in [0.1, 0.15) is 6.92 Å². The molecule has 1 aromatic heterocycles. The molecule has 0 radical (unpaired) electrons. The third-order valence-corrected chi connectivity index (χ3v) is 3.62. The van der Waals surface area contributed by atoms with Crippen molar-refractivity contribution in [3.63, 3.8) is 0 Å². The smallest absolute Gasteiger partial charge is 0.149 e. The molecule has 0 amide bonds.